The molecule has 1 fully saturated rings. The van der Waals surface area contributed by atoms with Crippen molar-refractivity contribution in [2.24, 2.45) is 0 Å². The van der Waals surface area contributed by atoms with Gasteiger partial charge in [0.25, 0.3) is 0 Å². The Bertz CT molecular complexity index is 211. The zero-order chi connectivity index (χ0) is 12.0. The molecule has 0 unspecified atom stereocenters. The van der Waals surface area contributed by atoms with Crippen LogP contribution in [-0.4, -0.2) is 55.2 Å². The Hall–Kier alpha value is -0.320. The number of rotatable bonds is 6. The minimum absolute atomic E-state index is 0.00391. The van der Waals surface area contributed by atoms with Crippen LogP contribution in [0, 0.1) is 0 Å². The van der Waals surface area contributed by atoms with Gasteiger partial charge in [-0.2, -0.15) is 0 Å². The van der Waals surface area contributed by atoms with Crippen LogP contribution in [0.15, 0.2) is 0 Å². The molecule has 0 radical (unpaired) electrons. The number of ether oxygens (including phenoxy) is 2. The third-order valence-corrected chi connectivity index (χ3v) is 2.83. The van der Waals surface area contributed by atoms with Crippen LogP contribution in [0.1, 0.15) is 20.3 Å². The molecule has 0 spiro atoms. The number of carbonyl (C=O) groups is 1. The van der Waals surface area contributed by atoms with Gasteiger partial charge in [-0.05, 0) is 13.8 Å². The Kier molecular flexibility index (Phi) is 6.09. The van der Waals surface area contributed by atoms with Crippen molar-refractivity contribution in [3.05, 3.63) is 0 Å². The molecule has 1 heterocycles. The SMILES string of the molecule is CCO[C@@H]1CN(C(=O)CCCl)C[C@H]1OCC. The van der Waals surface area contributed by atoms with Crippen LogP contribution in [-0.2, 0) is 14.3 Å². The van der Waals surface area contributed by atoms with Crippen molar-refractivity contribution in [3.8, 4) is 0 Å². The molecule has 0 saturated carbocycles. The third-order valence-electron chi connectivity index (χ3n) is 2.64. The van der Waals surface area contributed by atoms with Crippen LogP contribution in [0.25, 0.3) is 0 Å². The van der Waals surface area contributed by atoms with Crippen molar-refractivity contribution in [2.75, 3.05) is 32.2 Å². The van der Waals surface area contributed by atoms with E-state index in [1.54, 1.807) is 4.90 Å². The molecule has 0 aromatic carbocycles. The highest BCUT2D eigenvalue weighted by Crippen LogP contribution is 2.17. The summed E-state index contributed by atoms with van der Waals surface area (Å²) in [7, 11) is 0. The normalized spacial score (nSPS) is 25.1. The first-order valence-electron chi connectivity index (χ1n) is 5.79. The van der Waals surface area contributed by atoms with Gasteiger partial charge in [-0.25, -0.2) is 0 Å². The quantitative estimate of drug-likeness (QED) is 0.666. The Morgan fingerprint density at radius 3 is 2.12 bits per heavy atom. The van der Waals surface area contributed by atoms with Crippen LogP contribution in [0.3, 0.4) is 0 Å². The van der Waals surface area contributed by atoms with Gasteiger partial charge in [-0.1, -0.05) is 0 Å². The van der Waals surface area contributed by atoms with E-state index in [1.165, 1.54) is 0 Å². The van der Waals surface area contributed by atoms with Gasteiger partial charge < -0.3 is 14.4 Å². The maximum Gasteiger partial charge on any atom is 0.223 e. The molecule has 16 heavy (non-hydrogen) atoms. The summed E-state index contributed by atoms with van der Waals surface area (Å²) >= 11 is 5.56. The summed E-state index contributed by atoms with van der Waals surface area (Å²) in [5.41, 5.74) is 0. The second kappa shape index (κ2) is 7.09. The number of hydrogen-bond donors (Lipinski definition) is 0. The fraction of sp³-hybridized carbons (Fsp3) is 0.909. The maximum absolute atomic E-state index is 11.7. The minimum atomic E-state index is 0.00391. The number of halogens is 1. The van der Waals surface area contributed by atoms with Gasteiger partial charge in [0.05, 0.1) is 0 Å². The number of likely N-dealkylation sites (tertiary alicyclic amines) is 1. The average Bonchev–Trinajstić information content (AvgIpc) is 2.64. The van der Waals surface area contributed by atoms with Crippen molar-refractivity contribution < 1.29 is 14.3 Å². The highest BCUT2D eigenvalue weighted by molar-refractivity contribution is 6.18. The predicted octanol–water partition coefficient (Wildman–Crippen LogP) is 1.27. The second-order valence-electron chi connectivity index (χ2n) is 3.73. The van der Waals surface area contributed by atoms with Crippen molar-refractivity contribution in [2.45, 2.75) is 32.5 Å². The first-order chi connectivity index (χ1) is 7.72. The van der Waals surface area contributed by atoms with E-state index < -0.39 is 0 Å². The maximum atomic E-state index is 11.7. The summed E-state index contributed by atoms with van der Waals surface area (Å²) in [5.74, 6) is 0.454. The molecule has 1 saturated heterocycles. The lowest BCUT2D eigenvalue weighted by Crippen LogP contribution is -2.30. The monoisotopic (exact) mass is 249 g/mol. The summed E-state index contributed by atoms with van der Waals surface area (Å²) in [6.45, 7) is 6.43. The van der Waals surface area contributed by atoms with Crippen molar-refractivity contribution in [3.63, 3.8) is 0 Å². The molecule has 4 nitrogen and oxygen atoms in total. The largest absolute Gasteiger partial charge is 0.374 e. The van der Waals surface area contributed by atoms with E-state index in [-0.39, 0.29) is 18.1 Å². The fourth-order valence-electron chi connectivity index (χ4n) is 1.93. The molecule has 1 amide bonds. The summed E-state index contributed by atoms with van der Waals surface area (Å²) in [5, 5.41) is 0. The average molecular weight is 250 g/mol. The van der Waals surface area contributed by atoms with Crippen LogP contribution in [0.5, 0.6) is 0 Å². The number of carbonyl (C=O) groups excluding carboxylic acids is 1. The second-order valence-corrected chi connectivity index (χ2v) is 4.10. The summed E-state index contributed by atoms with van der Waals surface area (Å²) in [6.07, 6.45) is 0.396. The lowest BCUT2D eigenvalue weighted by atomic mass is 10.2. The first-order valence-corrected chi connectivity index (χ1v) is 6.33. The summed E-state index contributed by atoms with van der Waals surface area (Å²) < 4.78 is 11.1. The number of alkyl halides is 1. The molecule has 1 aliphatic rings. The lowest BCUT2D eigenvalue weighted by molar-refractivity contribution is -0.130. The molecule has 0 bridgehead atoms. The van der Waals surface area contributed by atoms with E-state index in [0.29, 0.717) is 38.6 Å². The molecule has 5 heteroatoms. The van der Waals surface area contributed by atoms with Gasteiger partial charge >= 0.3 is 0 Å². The number of amides is 1. The number of nitrogens with zero attached hydrogens (tertiary/aromatic N) is 1. The van der Waals surface area contributed by atoms with Gasteiger partial charge in [0.1, 0.15) is 12.2 Å². The predicted molar refractivity (Wildman–Crippen MR) is 62.7 cm³/mol. The van der Waals surface area contributed by atoms with Gasteiger partial charge in [0, 0.05) is 38.6 Å². The number of hydrogen-bond acceptors (Lipinski definition) is 3. The smallest absolute Gasteiger partial charge is 0.223 e. The molecule has 94 valence electrons. The van der Waals surface area contributed by atoms with E-state index in [2.05, 4.69) is 0 Å². The summed E-state index contributed by atoms with van der Waals surface area (Å²) in [4.78, 5) is 13.5. The van der Waals surface area contributed by atoms with Crippen LogP contribution in [0.2, 0.25) is 0 Å². The zero-order valence-electron chi connectivity index (χ0n) is 9.95. The van der Waals surface area contributed by atoms with E-state index in [1.807, 2.05) is 13.8 Å². The van der Waals surface area contributed by atoms with E-state index in [4.69, 9.17) is 21.1 Å². The summed E-state index contributed by atoms with van der Waals surface area (Å²) in [6, 6.07) is 0. The molecular weight excluding hydrogens is 230 g/mol. The Balaban J connectivity index is 2.50. The van der Waals surface area contributed by atoms with Gasteiger partial charge in [0.15, 0.2) is 0 Å². The zero-order valence-corrected chi connectivity index (χ0v) is 10.7. The van der Waals surface area contributed by atoms with Crippen molar-refractivity contribution >= 4 is 17.5 Å². The first kappa shape index (κ1) is 13.7. The Morgan fingerprint density at radius 1 is 1.25 bits per heavy atom. The Morgan fingerprint density at radius 2 is 1.75 bits per heavy atom. The van der Waals surface area contributed by atoms with Gasteiger partial charge in [0.2, 0.25) is 5.91 Å². The van der Waals surface area contributed by atoms with Crippen molar-refractivity contribution in [1.82, 2.24) is 4.90 Å². The lowest BCUT2D eigenvalue weighted by Gasteiger charge is -2.17. The van der Waals surface area contributed by atoms with Crippen LogP contribution >= 0.6 is 11.6 Å². The Labute approximate surface area is 102 Å². The van der Waals surface area contributed by atoms with Crippen molar-refractivity contribution in [1.29, 1.82) is 0 Å². The molecule has 0 aromatic heterocycles. The van der Waals surface area contributed by atoms with Crippen LogP contribution < -0.4 is 0 Å². The highest BCUT2D eigenvalue weighted by atomic mass is 35.5. The van der Waals surface area contributed by atoms with Gasteiger partial charge in [-0.15, -0.1) is 11.6 Å². The minimum Gasteiger partial charge on any atom is -0.374 e. The standard InChI is InChI=1S/C11H20ClNO3/c1-3-15-9-7-13(11(14)5-6-12)8-10(9)16-4-2/h9-10H,3-8H2,1-2H3/t9-,10-/m1/s1. The molecule has 2 atom stereocenters. The van der Waals surface area contributed by atoms with E-state index in [9.17, 15) is 4.79 Å². The fourth-order valence-corrected chi connectivity index (χ4v) is 2.10. The molecule has 0 aromatic rings. The molecule has 0 N–H and O–H groups in total. The van der Waals surface area contributed by atoms with E-state index in [0.717, 1.165) is 0 Å². The third kappa shape index (κ3) is 3.61. The van der Waals surface area contributed by atoms with Crippen LogP contribution in [0.4, 0.5) is 0 Å². The van der Waals surface area contributed by atoms with Gasteiger partial charge in [-0.3, -0.25) is 4.79 Å². The van der Waals surface area contributed by atoms with E-state index >= 15 is 0 Å². The molecule has 1 aliphatic heterocycles. The highest BCUT2D eigenvalue weighted by Gasteiger charge is 2.35. The molecule has 1 rings (SSSR count). The topological polar surface area (TPSA) is 38.8 Å². The molecule has 0 aliphatic carbocycles. The molecular formula is C11H20ClNO3.